The van der Waals surface area contributed by atoms with Crippen molar-refractivity contribution in [3.8, 4) is 5.75 Å². The number of amides is 2. The summed E-state index contributed by atoms with van der Waals surface area (Å²) in [5.41, 5.74) is 0.539. The minimum atomic E-state index is -0.457. The number of carbonyl (C=O) groups is 2. The van der Waals surface area contributed by atoms with Gasteiger partial charge in [-0.25, -0.2) is 0 Å². The van der Waals surface area contributed by atoms with E-state index in [1.165, 1.54) is 12.8 Å². The number of likely N-dealkylation sites (tertiary alicyclic amines) is 1. The van der Waals surface area contributed by atoms with E-state index in [2.05, 4.69) is 5.32 Å². The van der Waals surface area contributed by atoms with E-state index in [1.54, 1.807) is 23.1 Å². The molecule has 1 aliphatic heterocycles. The van der Waals surface area contributed by atoms with Gasteiger partial charge in [0.05, 0.1) is 5.02 Å². The van der Waals surface area contributed by atoms with Gasteiger partial charge in [0.25, 0.3) is 5.91 Å². The molecule has 2 amide bonds. The maximum Gasteiger partial charge on any atom is 0.251 e. The maximum absolute atomic E-state index is 12.3. The first-order chi connectivity index (χ1) is 12.6. The molecule has 0 radical (unpaired) electrons. The normalized spacial score (nSPS) is 18.8. The summed E-state index contributed by atoms with van der Waals surface area (Å²) in [5.74, 6) is 0.205. The number of hydrogen-bond acceptors (Lipinski definition) is 4. The van der Waals surface area contributed by atoms with E-state index >= 15 is 0 Å². The lowest BCUT2D eigenvalue weighted by Crippen LogP contribution is -2.42. The van der Waals surface area contributed by atoms with E-state index in [4.69, 9.17) is 21.4 Å². The van der Waals surface area contributed by atoms with E-state index in [0.717, 1.165) is 12.8 Å². The van der Waals surface area contributed by atoms with Crippen LogP contribution in [0.1, 0.15) is 48.9 Å². The molecule has 0 atom stereocenters. The van der Waals surface area contributed by atoms with Crippen molar-refractivity contribution in [3.05, 3.63) is 28.8 Å². The largest absolute Gasteiger partial charge is 0.489 e. The summed E-state index contributed by atoms with van der Waals surface area (Å²) in [5, 5.41) is 12.4. The highest BCUT2D eigenvalue weighted by atomic mass is 35.5. The van der Waals surface area contributed by atoms with Crippen molar-refractivity contribution >= 4 is 23.4 Å². The summed E-state index contributed by atoms with van der Waals surface area (Å²) in [6.45, 7) is 0.662. The number of halogens is 1. The molecule has 0 aromatic heterocycles. The quantitative estimate of drug-likeness (QED) is 0.822. The molecular weight excluding hydrogens is 356 g/mol. The zero-order chi connectivity index (χ0) is 18.5. The van der Waals surface area contributed by atoms with Gasteiger partial charge in [0.2, 0.25) is 5.91 Å². The highest BCUT2D eigenvalue weighted by Gasteiger charge is 2.24. The van der Waals surface area contributed by atoms with Gasteiger partial charge in [-0.3, -0.25) is 9.59 Å². The molecule has 0 bridgehead atoms. The number of benzene rings is 1. The van der Waals surface area contributed by atoms with Crippen LogP contribution in [0, 0.1) is 0 Å². The molecule has 0 unspecified atom stereocenters. The highest BCUT2D eigenvalue weighted by molar-refractivity contribution is 6.32. The van der Waals surface area contributed by atoms with Crippen LogP contribution in [0.2, 0.25) is 5.02 Å². The van der Waals surface area contributed by atoms with E-state index < -0.39 is 6.61 Å². The van der Waals surface area contributed by atoms with Crippen LogP contribution in [0.4, 0.5) is 0 Å². The molecule has 3 rings (SSSR count). The van der Waals surface area contributed by atoms with Gasteiger partial charge in [-0.05, 0) is 31.0 Å². The lowest BCUT2D eigenvalue weighted by molar-refractivity contribution is -0.135. The van der Waals surface area contributed by atoms with Gasteiger partial charge < -0.3 is 20.1 Å². The first kappa shape index (κ1) is 19.0. The van der Waals surface area contributed by atoms with E-state index in [0.29, 0.717) is 42.3 Å². The van der Waals surface area contributed by atoms with Gasteiger partial charge in [-0.2, -0.15) is 0 Å². The van der Waals surface area contributed by atoms with Crippen molar-refractivity contribution in [2.45, 2.75) is 50.7 Å². The Balaban J connectivity index is 1.54. The lowest BCUT2D eigenvalue weighted by Gasteiger charge is -2.32. The van der Waals surface area contributed by atoms with E-state index in [-0.39, 0.29) is 24.0 Å². The SMILES string of the molecule is O=C(NC1CCCC1)c1ccc(OC2CCN(C(=O)CO)CC2)c(Cl)c1. The van der Waals surface area contributed by atoms with Gasteiger partial charge in [0.15, 0.2) is 0 Å². The van der Waals surface area contributed by atoms with Crippen LogP contribution in [0.3, 0.4) is 0 Å². The molecule has 7 heteroatoms. The van der Waals surface area contributed by atoms with Crippen molar-refractivity contribution in [2.24, 2.45) is 0 Å². The van der Waals surface area contributed by atoms with Crippen LogP contribution in [-0.4, -0.2) is 53.7 Å². The number of nitrogens with one attached hydrogen (secondary N) is 1. The smallest absolute Gasteiger partial charge is 0.251 e. The molecule has 2 fully saturated rings. The maximum atomic E-state index is 12.3. The minimum absolute atomic E-state index is 0.0339. The number of rotatable bonds is 5. The number of ether oxygens (including phenoxy) is 1. The monoisotopic (exact) mass is 380 g/mol. The third-order valence-electron chi connectivity index (χ3n) is 5.11. The standard InChI is InChI=1S/C19H25ClN2O4/c20-16-11-13(19(25)21-14-3-1-2-4-14)5-6-17(16)26-15-7-9-22(10-8-15)18(24)12-23/h5-6,11,14-15,23H,1-4,7-10,12H2,(H,21,25). The first-order valence-electron chi connectivity index (χ1n) is 9.22. The summed E-state index contributed by atoms with van der Waals surface area (Å²) in [6.07, 6.45) is 5.75. The third-order valence-corrected chi connectivity index (χ3v) is 5.40. The zero-order valence-electron chi connectivity index (χ0n) is 14.7. The summed E-state index contributed by atoms with van der Waals surface area (Å²) in [4.78, 5) is 25.4. The predicted octanol–water partition coefficient (Wildman–Crippen LogP) is 2.37. The van der Waals surface area contributed by atoms with Crippen molar-refractivity contribution in [1.29, 1.82) is 0 Å². The lowest BCUT2D eigenvalue weighted by atomic mass is 10.1. The van der Waals surface area contributed by atoms with Crippen LogP contribution < -0.4 is 10.1 Å². The van der Waals surface area contributed by atoms with Gasteiger partial charge in [0, 0.05) is 37.5 Å². The van der Waals surface area contributed by atoms with Crippen molar-refractivity contribution in [1.82, 2.24) is 10.2 Å². The Kier molecular flexibility index (Phi) is 6.38. The summed E-state index contributed by atoms with van der Waals surface area (Å²) >= 11 is 6.31. The Morgan fingerprint density at radius 1 is 1.19 bits per heavy atom. The molecule has 1 saturated heterocycles. The van der Waals surface area contributed by atoms with Crippen LogP contribution in [0.5, 0.6) is 5.75 Å². The molecule has 142 valence electrons. The number of aliphatic hydroxyl groups excluding tert-OH is 1. The fraction of sp³-hybridized carbons (Fsp3) is 0.579. The Morgan fingerprint density at radius 3 is 2.50 bits per heavy atom. The van der Waals surface area contributed by atoms with E-state index in [9.17, 15) is 9.59 Å². The van der Waals surface area contributed by atoms with Crippen molar-refractivity contribution in [2.75, 3.05) is 19.7 Å². The molecule has 2 N–H and O–H groups in total. The number of carbonyl (C=O) groups excluding carboxylic acids is 2. The molecular formula is C19H25ClN2O4. The second kappa shape index (κ2) is 8.73. The molecule has 1 aromatic rings. The van der Waals surface area contributed by atoms with Crippen molar-refractivity contribution < 1.29 is 19.4 Å². The predicted molar refractivity (Wildman–Crippen MR) is 98.5 cm³/mol. The molecule has 1 aliphatic carbocycles. The van der Waals surface area contributed by atoms with Crippen LogP contribution >= 0.6 is 11.6 Å². The topological polar surface area (TPSA) is 78.9 Å². The Labute approximate surface area is 158 Å². The fourth-order valence-electron chi connectivity index (χ4n) is 3.58. The van der Waals surface area contributed by atoms with Crippen LogP contribution in [0.25, 0.3) is 0 Å². The average molecular weight is 381 g/mol. The summed E-state index contributed by atoms with van der Waals surface area (Å²) in [6, 6.07) is 5.38. The molecule has 26 heavy (non-hydrogen) atoms. The Hall–Kier alpha value is -1.79. The molecule has 1 aromatic carbocycles. The second-order valence-electron chi connectivity index (χ2n) is 6.96. The average Bonchev–Trinajstić information content (AvgIpc) is 3.16. The molecule has 1 heterocycles. The van der Waals surface area contributed by atoms with Gasteiger partial charge >= 0.3 is 0 Å². The number of nitrogens with zero attached hydrogens (tertiary/aromatic N) is 1. The van der Waals surface area contributed by atoms with Gasteiger partial charge in [0.1, 0.15) is 18.5 Å². The Morgan fingerprint density at radius 2 is 1.88 bits per heavy atom. The molecule has 2 aliphatic rings. The fourth-order valence-corrected chi connectivity index (χ4v) is 3.80. The number of hydrogen-bond donors (Lipinski definition) is 2. The summed E-state index contributed by atoms with van der Waals surface area (Å²) < 4.78 is 5.95. The van der Waals surface area contributed by atoms with E-state index in [1.807, 2.05) is 0 Å². The summed E-state index contributed by atoms with van der Waals surface area (Å²) in [7, 11) is 0. The number of piperidine rings is 1. The highest BCUT2D eigenvalue weighted by Crippen LogP contribution is 2.29. The zero-order valence-corrected chi connectivity index (χ0v) is 15.5. The first-order valence-corrected chi connectivity index (χ1v) is 9.60. The van der Waals surface area contributed by atoms with Crippen LogP contribution in [0.15, 0.2) is 18.2 Å². The minimum Gasteiger partial charge on any atom is -0.489 e. The van der Waals surface area contributed by atoms with Gasteiger partial charge in [-0.15, -0.1) is 0 Å². The molecule has 6 nitrogen and oxygen atoms in total. The molecule has 1 saturated carbocycles. The molecule has 0 spiro atoms. The van der Waals surface area contributed by atoms with Crippen molar-refractivity contribution in [3.63, 3.8) is 0 Å². The number of aliphatic hydroxyl groups is 1. The van der Waals surface area contributed by atoms with Crippen LogP contribution in [-0.2, 0) is 4.79 Å². The second-order valence-corrected chi connectivity index (χ2v) is 7.36. The Bertz CT molecular complexity index is 653. The van der Waals surface area contributed by atoms with Gasteiger partial charge in [-0.1, -0.05) is 24.4 Å². The third kappa shape index (κ3) is 4.68.